The molecule has 1 N–H and O–H groups in total. The van der Waals surface area contributed by atoms with Crippen molar-refractivity contribution in [1.82, 2.24) is 4.98 Å². The molecule has 0 amide bonds. The summed E-state index contributed by atoms with van der Waals surface area (Å²) in [7, 11) is 0. The van der Waals surface area contributed by atoms with E-state index in [0.29, 0.717) is 0 Å². The molecule has 5 heteroatoms. The van der Waals surface area contributed by atoms with Crippen LogP contribution in [0.25, 0.3) is 0 Å². The summed E-state index contributed by atoms with van der Waals surface area (Å²) < 4.78 is 5.87. The van der Waals surface area contributed by atoms with Gasteiger partial charge in [-0.3, -0.25) is 5.43 Å². The highest BCUT2D eigenvalue weighted by molar-refractivity contribution is 7.13. The lowest BCUT2D eigenvalue weighted by Crippen LogP contribution is -2.00. The van der Waals surface area contributed by atoms with Crippen molar-refractivity contribution >= 4 is 22.7 Å². The third kappa shape index (κ3) is 5.85. The molecular formula is C17H23N3OS. The molecule has 2 rings (SSSR count). The fourth-order valence-electron chi connectivity index (χ4n) is 2.04. The number of rotatable bonds is 10. The van der Waals surface area contributed by atoms with Gasteiger partial charge in [0.15, 0.2) is 0 Å². The number of nitrogens with one attached hydrogen (secondary N) is 1. The normalized spacial score (nSPS) is 11.0. The molecular weight excluding hydrogens is 294 g/mol. The molecule has 1 aromatic heterocycles. The molecule has 4 nitrogen and oxygen atoms in total. The van der Waals surface area contributed by atoms with Gasteiger partial charge >= 0.3 is 0 Å². The second-order valence-electron chi connectivity index (χ2n) is 5.01. The molecule has 0 saturated carbocycles. The SMILES string of the molecule is CCCCCCCOc1ccccc1/C=N\Nc1nccs1. The van der Waals surface area contributed by atoms with E-state index in [4.69, 9.17) is 4.74 Å². The predicted molar refractivity (Wildman–Crippen MR) is 94.0 cm³/mol. The van der Waals surface area contributed by atoms with Crippen LogP contribution in [0.15, 0.2) is 40.9 Å². The van der Waals surface area contributed by atoms with E-state index >= 15 is 0 Å². The molecule has 0 bridgehead atoms. The quantitative estimate of drug-likeness (QED) is 0.383. The van der Waals surface area contributed by atoms with Crippen molar-refractivity contribution in [3.05, 3.63) is 41.4 Å². The van der Waals surface area contributed by atoms with Crippen molar-refractivity contribution in [2.45, 2.75) is 39.0 Å². The minimum absolute atomic E-state index is 0.758. The summed E-state index contributed by atoms with van der Waals surface area (Å²) in [5, 5.41) is 6.90. The molecule has 2 aromatic rings. The number of hydrogen-bond acceptors (Lipinski definition) is 5. The molecule has 0 aliphatic rings. The van der Waals surface area contributed by atoms with Gasteiger partial charge in [-0.05, 0) is 18.6 Å². The average Bonchev–Trinajstić information content (AvgIpc) is 3.05. The van der Waals surface area contributed by atoms with Gasteiger partial charge in [0.25, 0.3) is 0 Å². The lowest BCUT2D eigenvalue weighted by molar-refractivity contribution is 0.304. The van der Waals surface area contributed by atoms with Crippen LogP contribution in [0.2, 0.25) is 0 Å². The summed E-state index contributed by atoms with van der Waals surface area (Å²) in [6, 6.07) is 7.95. The second-order valence-corrected chi connectivity index (χ2v) is 5.90. The van der Waals surface area contributed by atoms with Crippen LogP contribution in [0.1, 0.15) is 44.6 Å². The van der Waals surface area contributed by atoms with Crippen molar-refractivity contribution < 1.29 is 4.74 Å². The van der Waals surface area contributed by atoms with Crippen LogP contribution >= 0.6 is 11.3 Å². The van der Waals surface area contributed by atoms with Gasteiger partial charge in [-0.2, -0.15) is 5.10 Å². The fourth-order valence-corrected chi connectivity index (χ4v) is 2.52. The number of hydrogen-bond donors (Lipinski definition) is 1. The van der Waals surface area contributed by atoms with E-state index in [0.717, 1.165) is 29.5 Å². The van der Waals surface area contributed by atoms with E-state index in [9.17, 15) is 0 Å². The molecule has 0 spiro atoms. The summed E-state index contributed by atoms with van der Waals surface area (Å²) in [6.07, 6.45) is 9.73. The largest absolute Gasteiger partial charge is 0.493 e. The van der Waals surface area contributed by atoms with Crippen molar-refractivity contribution in [3.63, 3.8) is 0 Å². The smallest absolute Gasteiger partial charge is 0.203 e. The number of nitrogens with zero attached hydrogens (tertiary/aromatic N) is 2. The Labute approximate surface area is 136 Å². The van der Waals surface area contributed by atoms with Gasteiger partial charge < -0.3 is 4.74 Å². The number of para-hydroxylation sites is 1. The van der Waals surface area contributed by atoms with E-state index in [2.05, 4.69) is 22.4 Å². The Kier molecular flexibility index (Phi) is 7.46. The topological polar surface area (TPSA) is 46.5 Å². The number of aromatic nitrogens is 1. The summed E-state index contributed by atoms with van der Waals surface area (Å²) >= 11 is 1.52. The maximum atomic E-state index is 5.87. The van der Waals surface area contributed by atoms with Crippen LogP contribution in [-0.4, -0.2) is 17.8 Å². The molecule has 0 saturated heterocycles. The van der Waals surface area contributed by atoms with Crippen molar-refractivity contribution in [3.8, 4) is 5.75 Å². The van der Waals surface area contributed by atoms with Crippen LogP contribution in [-0.2, 0) is 0 Å². The first kappa shape index (κ1) is 16.5. The van der Waals surface area contributed by atoms with Crippen LogP contribution in [0.4, 0.5) is 5.13 Å². The number of unbranched alkanes of at least 4 members (excludes halogenated alkanes) is 4. The third-order valence-electron chi connectivity index (χ3n) is 3.22. The van der Waals surface area contributed by atoms with Crippen molar-refractivity contribution in [2.75, 3.05) is 12.0 Å². The van der Waals surface area contributed by atoms with E-state index in [1.807, 2.05) is 29.6 Å². The Bertz CT molecular complexity index is 555. The molecule has 0 fully saturated rings. The summed E-state index contributed by atoms with van der Waals surface area (Å²) in [5.41, 5.74) is 3.88. The molecule has 118 valence electrons. The zero-order valence-electron chi connectivity index (χ0n) is 13.0. The summed E-state index contributed by atoms with van der Waals surface area (Å²) in [4.78, 5) is 4.12. The van der Waals surface area contributed by atoms with E-state index in [-0.39, 0.29) is 0 Å². The number of ether oxygens (including phenoxy) is 1. The van der Waals surface area contributed by atoms with Gasteiger partial charge in [0.2, 0.25) is 5.13 Å². The lowest BCUT2D eigenvalue weighted by Gasteiger charge is -2.08. The number of hydrazone groups is 1. The number of thiazole rings is 1. The Morgan fingerprint density at radius 2 is 2.09 bits per heavy atom. The third-order valence-corrected chi connectivity index (χ3v) is 3.90. The highest BCUT2D eigenvalue weighted by atomic mass is 32.1. The minimum Gasteiger partial charge on any atom is -0.493 e. The highest BCUT2D eigenvalue weighted by Gasteiger charge is 2.00. The molecule has 0 aliphatic heterocycles. The predicted octanol–water partition coefficient (Wildman–Crippen LogP) is 4.94. The monoisotopic (exact) mass is 317 g/mol. The molecule has 1 heterocycles. The number of benzene rings is 1. The van der Waals surface area contributed by atoms with E-state index in [1.54, 1.807) is 12.4 Å². The van der Waals surface area contributed by atoms with Crippen molar-refractivity contribution in [2.24, 2.45) is 5.10 Å². The summed E-state index contributed by atoms with van der Waals surface area (Å²) in [6.45, 7) is 2.99. The minimum atomic E-state index is 0.758. The summed E-state index contributed by atoms with van der Waals surface area (Å²) in [5.74, 6) is 0.877. The van der Waals surface area contributed by atoms with Gasteiger partial charge in [0.05, 0.1) is 12.8 Å². The second kappa shape index (κ2) is 9.95. The van der Waals surface area contributed by atoms with E-state index in [1.165, 1.54) is 37.0 Å². The Hall–Kier alpha value is -1.88. The van der Waals surface area contributed by atoms with Crippen molar-refractivity contribution in [1.29, 1.82) is 0 Å². The van der Waals surface area contributed by atoms with Crippen LogP contribution < -0.4 is 10.2 Å². The standard InChI is InChI=1S/C17H23N3OS/c1-2-3-4-5-8-12-21-16-10-7-6-9-15(16)14-19-20-17-18-11-13-22-17/h6-7,9-11,13-14H,2-5,8,12H2,1H3,(H,18,20)/b19-14-. The zero-order chi connectivity index (χ0) is 15.5. The van der Waals surface area contributed by atoms with Crippen LogP contribution in [0, 0.1) is 0 Å². The lowest BCUT2D eigenvalue weighted by atomic mass is 10.2. The van der Waals surface area contributed by atoms with Gasteiger partial charge in [-0.1, -0.05) is 44.7 Å². The Balaban J connectivity index is 1.80. The Morgan fingerprint density at radius 3 is 2.91 bits per heavy atom. The molecule has 0 unspecified atom stereocenters. The molecule has 0 radical (unpaired) electrons. The first-order valence-corrected chi connectivity index (χ1v) is 8.68. The van der Waals surface area contributed by atoms with E-state index < -0.39 is 0 Å². The maximum Gasteiger partial charge on any atom is 0.203 e. The average molecular weight is 317 g/mol. The van der Waals surface area contributed by atoms with Crippen LogP contribution in [0.5, 0.6) is 5.75 Å². The van der Waals surface area contributed by atoms with Gasteiger partial charge in [0.1, 0.15) is 5.75 Å². The molecule has 0 atom stereocenters. The molecule has 1 aromatic carbocycles. The highest BCUT2D eigenvalue weighted by Crippen LogP contribution is 2.17. The first-order chi connectivity index (χ1) is 10.9. The van der Waals surface area contributed by atoms with Gasteiger partial charge in [0, 0.05) is 17.1 Å². The van der Waals surface area contributed by atoms with Gasteiger partial charge in [-0.25, -0.2) is 4.98 Å². The van der Waals surface area contributed by atoms with Crippen LogP contribution in [0.3, 0.4) is 0 Å². The zero-order valence-corrected chi connectivity index (χ0v) is 13.8. The van der Waals surface area contributed by atoms with Gasteiger partial charge in [-0.15, -0.1) is 11.3 Å². The number of anilines is 1. The molecule has 0 aliphatic carbocycles. The fraction of sp³-hybridized carbons (Fsp3) is 0.412. The maximum absolute atomic E-state index is 5.87. The first-order valence-electron chi connectivity index (χ1n) is 7.80. The molecule has 22 heavy (non-hydrogen) atoms. The Morgan fingerprint density at radius 1 is 1.23 bits per heavy atom.